The minimum atomic E-state index is -1.05. The first-order valence-corrected chi connectivity index (χ1v) is 9.57. The lowest BCUT2D eigenvalue weighted by molar-refractivity contribution is -0.131. The SMILES string of the molecule is COC1CCOC(c2cccc(COc3ccc(/C(C)=C/C(=O)O)c(O)c3)c2)C1. The van der Waals surface area contributed by atoms with Crippen molar-refractivity contribution in [2.75, 3.05) is 13.7 Å². The molecule has 1 aliphatic rings. The van der Waals surface area contributed by atoms with Crippen molar-refractivity contribution in [3.8, 4) is 11.5 Å². The zero-order valence-corrected chi connectivity index (χ0v) is 16.6. The standard InChI is InChI=1S/C23H26O6/c1-15(10-23(25)26)20-7-6-19(12-21(20)24)29-14-16-4-3-5-17(11-16)22-13-18(27-2)8-9-28-22/h3-7,10-12,18,22,24H,8-9,13-14H2,1-2H3,(H,25,26)/b15-10+. The van der Waals surface area contributed by atoms with E-state index in [1.54, 1.807) is 26.2 Å². The summed E-state index contributed by atoms with van der Waals surface area (Å²) in [5.74, 6) is -0.568. The molecule has 1 saturated heterocycles. The van der Waals surface area contributed by atoms with Gasteiger partial charge in [0.15, 0.2) is 0 Å². The molecule has 1 aliphatic heterocycles. The summed E-state index contributed by atoms with van der Waals surface area (Å²) >= 11 is 0. The summed E-state index contributed by atoms with van der Waals surface area (Å²) in [7, 11) is 1.73. The van der Waals surface area contributed by atoms with Gasteiger partial charge in [0.05, 0.1) is 12.2 Å². The van der Waals surface area contributed by atoms with Crippen LogP contribution in [0.5, 0.6) is 11.5 Å². The Hall–Kier alpha value is -2.83. The van der Waals surface area contributed by atoms with Gasteiger partial charge in [0.25, 0.3) is 0 Å². The molecular weight excluding hydrogens is 372 g/mol. The second-order valence-corrected chi connectivity index (χ2v) is 7.12. The largest absolute Gasteiger partial charge is 0.507 e. The van der Waals surface area contributed by atoms with Crippen molar-refractivity contribution in [3.05, 3.63) is 65.2 Å². The lowest BCUT2D eigenvalue weighted by atomic mass is 9.98. The number of benzene rings is 2. The number of rotatable bonds is 7. The molecule has 2 unspecified atom stereocenters. The highest BCUT2D eigenvalue weighted by atomic mass is 16.5. The number of hydrogen-bond donors (Lipinski definition) is 2. The number of carboxylic acids is 1. The molecule has 0 radical (unpaired) electrons. The Bertz CT molecular complexity index is 889. The van der Waals surface area contributed by atoms with Crippen molar-refractivity contribution >= 4 is 11.5 Å². The molecule has 0 aromatic heterocycles. The molecule has 1 fully saturated rings. The van der Waals surface area contributed by atoms with Crippen LogP contribution in [0.3, 0.4) is 0 Å². The summed E-state index contributed by atoms with van der Waals surface area (Å²) in [6, 6.07) is 12.9. The van der Waals surface area contributed by atoms with E-state index in [1.165, 1.54) is 6.07 Å². The molecule has 154 valence electrons. The van der Waals surface area contributed by atoms with Crippen LogP contribution in [0, 0.1) is 0 Å². The minimum Gasteiger partial charge on any atom is -0.507 e. The van der Waals surface area contributed by atoms with Crippen LogP contribution in [0.4, 0.5) is 0 Å². The van der Waals surface area contributed by atoms with Gasteiger partial charge < -0.3 is 24.4 Å². The van der Waals surface area contributed by atoms with Gasteiger partial charge >= 0.3 is 5.97 Å². The molecular formula is C23H26O6. The van der Waals surface area contributed by atoms with Gasteiger partial charge in [0, 0.05) is 37.8 Å². The number of carboxylic acid groups (broad SMARTS) is 1. The number of carbonyl (C=O) groups is 1. The Labute approximate surface area is 170 Å². The van der Waals surface area contributed by atoms with Gasteiger partial charge in [-0.25, -0.2) is 4.79 Å². The molecule has 6 heteroatoms. The number of ether oxygens (including phenoxy) is 3. The smallest absolute Gasteiger partial charge is 0.328 e. The molecule has 0 saturated carbocycles. The molecule has 29 heavy (non-hydrogen) atoms. The Morgan fingerprint density at radius 1 is 1.28 bits per heavy atom. The Morgan fingerprint density at radius 3 is 2.83 bits per heavy atom. The summed E-state index contributed by atoms with van der Waals surface area (Å²) in [4.78, 5) is 10.8. The molecule has 0 amide bonds. The molecule has 0 spiro atoms. The van der Waals surface area contributed by atoms with Gasteiger partial charge in [-0.05, 0) is 48.2 Å². The van der Waals surface area contributed by atoms with Crippen molar-refractivity contribution in [3.63, 3.8) is 0 Å². The predicted octanol–water partition coefficient (Wildman–Crippen LogP) is 4.33. The fraction of sp³-hybridized carbons (Fsp3) is 0.348. The zero-order chi connectivity index (χ0) is 20.8. The van der Waals surface area contributed by atoms with Crippen molar-refractivity contribution in [2.45, 2.75) is 38.6 Å². The van der Waals surface area contributed by atoms with E-state index in [4.69, 9.17) is 19.3 Å². The fourth-order valence-electron chi connectivity index (χ4n) is 3.46. The first-order chi connectivity index (χ1) is 14.0. The van der Waals surface area contributed by atoms with E-state index in [0.29, 0.717) is 30.1 Å². The highest BCUT2D eigenvalue weighted by Crippen LogP contribution is 2.31. The summed E-state index contributed by atoms with van der Waals surface area (Å²) in [5, 5.41) is 19.0. The van der Waals surface area contributed by atoms with E-state index < -0.39 is 5.97 Å². The monoisotopic (exact) mass is 398 g/mol. The third-order valence-corrected chi connectivity index (χ3v) is 5.03. The van der Waals surface area contributed by atoms with Gasteiger partial charge in [-0.15, -0.1) is 0 Å². The molecule has 2 atom stereocenters. The van der Waals surface area contributed by atoms with E-state index in [9.17, 15) is 9.90 Å². The Morgan fingerprint density at radius 2 is 2.10 bits per heavy atom. The number of phenols is 1. The van der Waals surface area contributed by atoms with Gasteiger partial charge in [0.1, 0.15) is 18.1 Å². The van der Waals surface area contributed by atoms with Gasteiger partial charge in [-0.2, -0.15) is 0 Å². The average molecular weight is 398 g/mol. The number of aromatic hydroxyl groups is 1. The van der Waals surface area contributed by atoms with E-state index >= 15 is 0 Å². The molecule has 6 nitrogen and oxygen atoms in total. The second-order valence-electron chi connectivity index (χ2n) is 7.12. The van der Waals surface area contributed by atoms with E-state index in [2.05, 4.69) is 6.07 Å². The topological polar surface area (TPSA) is 85.2 Å². The third-order valence-electron chi connectivity index (χ3n) is 5.03. The van der Waals surface area contributed by atoms with Gasteiger partial charge in [-0.3, -0.25) is 0 Å². The van der Waals surface area contributed by atoms with Crippen molar-refractivity contribution in [2.24, 2.45) is 0 Å². The molecule has 2 aromatic carbocycles. The van der Waals surface area contributed by atoms with Crippen molar-refractivity contribution in [1.82, 2.24) is 0 Å². The first-order valence-electron chi connectivity index (χ1n) is 9.57. The lowest BCUT2D eigenvalue weighted by Gasteiger charge is -2.29. The molecule has 2 N–H and O–H groups in total. The Kier molecular flexibility index (Phi) is 6.90. The number of aliphatic carboxylic acids is 1. The lowest BCUT2D eigenvalue weighted by Crippen LogP contribution is -2.25. The molecule has 0 bridgehead atoms. The quantitative estimate of drug-likeness (QED) is 0.676. The van der Waals surface area contributed by atoms with E-state index in [1.807, 2.05) is 18.2 Å². The van der Waals surface area contributed by atoms with Crippen LogP contribution in [0.2, 0.25) is 0 Å². The Balaban J connectivity index is 1.66. The maximum absolute atomic E-state index is 10.8. The summed E-state index contributed by atoms with van der Waals surface area (Å²) < 4.78 is 17.2. The highest BCUT2D eigenvalue weighted by Gasteiger charge is 2.23. The van der Waals surface area contributed by atoms with E-state index in [-0.39, 0.29) is 18.0 Å². The van der Waals surface area contributed by atoms with Crippen LogP contribution in [-0.2, 0) is 20.9 Å². The predicted molar refractivity (Wildman–Crippen MR) is 109 cm³/mol. The number of methoxy groups -OCH3 is 1. The third kappa shape index (κ3) is 5.59. The molecule has 2 aromatic rings. The summed E-state index contributed by atoms with van der Waals surface area (Å²) in [6.07, 6.45) is 3.04. The fourth-order valence-corrected chi connectivity index (χ4v) is 3.46. The van der Waals surface area contributed by atoms with Crippen LogP contribution in [-0.4, -0.2) is 36.0 Å². The zero-order valence-electron chi connectivity index (χ0n) is 16.6. The number of phenolic OH excluding ortho intramolecular Hbond substituents is 1. The molecule has 0 aliphatic carbocycles. The maximum Gasteiger partial charge on any atom is 0.328 e. The molecule has 1 heterocycles. The van der Waals surface area contributed by atoms with Crippen LogP contribution in [0.25, 0.3) is 5.57 Å². The van der Waals surface area contributed by atoms with Crippen LogP contribution < -0.4 is 4.74 Å². The second kappa shape index (κ2) is 9.58. The van der Waals surface area contributed by atoms with Crippen molar-refractivity contribution in [1.29, 1.82) is 0 Å². The van der Waals surface area contributed by atoms with Crippen LogP contribution in [0.15, 0.2) is 48.5 Å². The summed E-state index contributed by atoms with van der Waals surface area (Å²) in [5.41, 5.74) is 3.02. The average Bonchev–Trinajstić information content (AvgIpc) is 2.72. The van der Waals surface area contributed by atoms with Gasteiger partial charge in [-0.1, -0.05) is 18.2 Å². The van der Waals surface area contributed by atoms with Crippen LogP contribution in [0.1, 0.15) is 42.6 Å². The van der Waals surface area contributed by atoms with E-state index in [0.717, 1.165) is 30.0 Å². The normalized spacial score (nSPS) is 19.7. The van der Waals surface area contributed by atoms with Crippen molar-refractivity contribution < 1.29 is 29.2 Å². The molecule has 3 rings (SSSR count). The minimum absolute atomic E-state index is 0.0148. The maximum atomic E-state index is 10.8. The number of allylic oxidation sites excluding steroid dienone is 1. The highest BCUT2D eigenvalue weighted by molar-refractivity contribution is 5.90. The first kappa shape index (κ1) is 20.9. The number of hydrogen-bond acceptors (Lipinski definition) is 5. The van der Waals surface area contributed by atoms with Crippen LogP contribution >= 0.6 is 0 Å². The summed E-state index contributed by atoms with van der Waals surface area (Å²) in [6.45, 7) is 2.67. The van der Waals surface area contributed by atoms with Gasteiger partial charge in [0.2, 0.25) is 0 Å².